The molecule has 9 fully saturated rings. The number of aliphatic hydroxyl groups is 1. The lowest BCUT2D eigenvalue weighted by molar-refractivity contribution is -0.166. The maximum Gasteiger partial charge on any atom is 0.692 e. The minimum atomic E-state index is -4.92. The van der Waals surface area contributed by atoms with Crippen molar-refractivity contribution in [1.82, 2.24) is 42.2 Å². The van der Waals surface area contributed by atoms with Crippen LogP contribution in [0.15, 0.2) is 152 Å². The van der Waals surface area contributed by atoms with Crippen molar-refractivity contribution in [2.24, 2.45) is 0 Å². The molecule has 8 aromatic rings. The first-order valence-electron chi connectivity index (χ1n) is 44.4. The fourth-order valence-corrected chi connectivity index (χ4v) is 18.8. The Morgan fingerprint density at radius 1 is 0.434 bits per heavy atom. The molecule has 6 bridgehead atoms. The first-order valence-corrected chi connectivity index (χ1v) is 50.2. The molecule has 0 spiro atoms. The van der Waals surface area contributed by atoms with E-state index < -0.39 is 203 Å². The Morgan fingerprint density at radius 2 is 0.752 bits per heavy atom. The van der Waals surface area contributed by atoms with Crippen LogP contribution in [0.3, 0.4) is 0 Å². The molecule has 39 nitrogen and oxygen atoms in total. The summed E-state index contributed by atoms with van der Waals surface area (Å²) in [6, 6.07) is 32.4. The smallest absolute Gasteiger partial charge is 0.484 e. The topological polar surface area (TPSA) is 548 Å². The molecule has 145 heavy (non-hydrogen) atoms. The molecule has 3 atom stereocenters. The molecule has 0 radical (unpaired) electrons. The highest BCUT2D eigenvalue weighted by atomic mass is 35.5. The minimum absolute atomic E-state index is 0.00241. The molecule has 17 rings (SSSR count). The Balaban J connectivity index is 0.000000204. The number of pyridine rings is 1. The van der Waals surface area contributed by atoms with E-state index in [0.717, 1.165) is 29.2 Å². The van der Waals surface area contributed by atoms with E-state index in [1.807, 2.05) is 0 Å². The van der Waals surface area contributed by atoms with Crippen LogP contribution < -0.4 is 75.1 Å². The molecule has 8 amide bonds. The number of ether oxygens (including phenoxy) is 9. The van der Waals surface area contributed by atoms with Gasteiger partial charge in [0.2, 0.25) is 0 Å². The number of nitrogens with one attached hydrogen (secondary N) is 7. The third kappa shape index (κ3) is 32.5. The van der Waals surface area contributed by atoms with Crippen molar-refractivity contribution in [1.29, 1.82) is 0 Å². The number of hydrogen-bond donors (Lipinski definition) is 14. The molecule has 9 aliphatic rings. The number of alkyl carbamates (subject to hydrolysis) is 1. The second-order valence-electron chi connectivity index (χ2n) is 34.9. The number of aliphatic hydroxyl groups excluding tert-OH is 1. The fourth-order valence-electron chi connectivity index (χ4n) is 17.6. The number of carbonyl (C=O) groups excluding carboxylic acids is 9. The van der Waals surface area contributed by atoms with E-state index >= 15 is 0 Å². The van der Waals surface area contributed by atoms with Gasteiger partial charge in [0.05, 0.1) is 56.3 Å². The number of esters is 1. The predicted octanol–water partition coefficient (Wildman–Crippen LogP) is 12.5. The molecule has 9 aliphatic carbocycles. The van der Waals surface area contributed by atoms with E-state index in [1.165, 1.54) is 116 Å². The molecule has 14 N–H and O–H groups in total. The third-order valence-corrected chi connectivity index (χ3v) is 27.0. The lowest BCUT2D eigenvalue weighted by Gasteiger charge is -2.57. The van der Waals surface area contributed by atoms with E-state index in [9.17, 15) is 88.4 Å². The van der Waals surface area contributed by atoms with Crippen molar-refractivity contribution >= 4 is 130 Å². The van der Waals surface area contributed by atoms with Gasteiger partial charge in [-0.1, -0.05) is 82.8 Å². The number of rotatable bonds is 37. The van der Waals surface area contributed by atoms with Gasteiger partial charge in [-0.3, -0.25) is 52.8 Å². The molecule has 52 heteroatoms. The second-order valence-corrected chi connectivity index (χ2v) is 39.4. The largest absolute Gasteiger partial charge is 0.692 e. The summed E-state index contributed by atoms with van der Waals surface area (Å²) in [5.74, 6) is -6.99. The molecule has 7 aromatic carbocycles. The summed E-state index contributed by atoms with van der Waals surface area (Å²) in [6.07, 6.45) is 1.38. The van der Waals surface area contributed by atoms with Gasteiger partial charge in [0.15, 0.2) is 39.6 Å². The van der Waals surface area contributed by atoms with Crippen LogP contribution in [-0.4, -0.2) is 204 Å². The van der Waals surface area contributed by atoms with Crippen molar-refractivity contribution in [3.63, 3.8) is 0 Å². The van der Waals surface area contributed by atoms with Crippen molar-refractivity contribution in [2.45, 2.75) is 175 Å². The van der Waals surface area contributed by atoms with Gasteiger partial charge in [0.25, 0.3) is 35.4 Å². The molecule has 782 valence electrons. The van der Waals surface area contributed by atoms with Gasteiger partial charge in [-0.05, 0) is 175 Å². The monoisotopic (exact) mass is 2170 g/mol. The van der Waals surface area contributed by atoms with Gasteiger partial charge >= 0.3 is 42.1 Å². The fraction of sp³-hybridized carbons (Fsp3) is 0.398. The number of para-hydroxylation sites is 1. The van der Waals surface area contributed by atoms with Crippen LogP contribution in [0.4, 0.5) is 41.7 Å². The van der Waals surface area contributed by atoms with Gasteiger partial charge in [-0.15, -0.1) is 9.79 Å². The standard InChI is InChI=1S/C33H34ClF2N2O10P.C32H33Cl2F2N4O10P.C28H32ClF2N3O7.HO3P/c1-20-6-7-22(15-25(20)35)46-19-30(40)38-33-12-10-32(11-13-33,37-29(39)18-45-23-8-9-24(34)26(36)16-23)17-28(33)47-31(41)14-21-4-2-3-5-27(21)48-49(42,43)44;1-40(29-19(3-2-12-37-29)16-49-51(44,45)46)30(43)50-26-15-31(38-27(41)17-47-20-4-6-22(33)24(35)13-20)8-10-32(26,11-9-31)39-28(42)18-48-21-5-7-23(34)25(36)14-21;1-17-2-3-18(12-21(17)30)40-16-25(37)34-28-8-6-27(7-9-28,14-23(28)41-26(38)32-10-11-35)33-24(36)15-39-19-4-5-20(29)22(31)13-19;1-4(2)3/h2-9,15-16,28H,10-14,17-19H2,1H3,(H,37,39)(H,38,40)(H2,42,43,44);2-7,12-14,26H,8-11,15-18H2,1H3,(H,38,41)(H,39,42)(H2,44,45,46);2-5,12-13,23,35H,6-11,14-16H2,1H3,(H,32,38)(H,33,36)(H,34,37);(H-,1,2,3)/p+1/t28-,32?,33?;26-,31?,32?;23-,27?,28?;/m000./s1. The third-order valence-electron chi connectivity index (χ3n) is 24.8. The van der Waals surface area contributed by atoms with Gasteiger partial charge in [0.1, 0.15) is 99.3 Å². The molecular weight excluding hydrogens is 2070 g/mol. The number of amides is 8. The van der Waals surface area contributed by atoms with Crippen molar-refractivity contribution in [3.05, 3.63) is 229 Å². The van der Waals surface area contributed by atoms with Crippen molar-refractivity contribution in [3.8, 4) is 40.2 Å². The van der Waals surface area contributed by atoms with Crippen molar-refractivity contribution < 1.29 is 169 Å². The summed E-state index contributed by atoms with van der Waals surface area (Å²) in [5.41, 5.74) is -4.28. The number of benzene rings is 7. The number of nitrogens with zero attached hydrogens (tertiary/aromatic N) is 2. The van der Waals surface area contributed by atoms with Crippen LogP contribution in [0.5, 0.6) is 40.2 Å². The van der Waals surface area contributed by atoms with E-state index in [4.69, 9.17) is 123 Å². The highest BCUT2D eigenvalue weighted by Crippen LogP contribution is 2.53. The van der Waals surface area contributed by atoms with Crippen LogP contribution in [0, 0.1) is 48.8 Å². The van der Waals surface area contributed by atoms with E-state index in [0.29, 0.717) is 75.3 Å². The zero-order valence-corrected chi connectivity index (χ0v) is 83.1. The Labute approximate surface area is 845 Å². The van der Waals surface area contributed by atoms with Crippen LogP contribution in [0.25, 0.3) is 0 Å². The average molecular weight is 2170 g/mol. The molecule has 1 heterocycles. The number of phosphoric ester groups is 2. The number of aromatic nitrogens is 1. The molecule has 0 aliphatic heterocycles. The molecule has 0 saturated heterocycles. The van der Waals surface area contributed by atoms with Crippen LogP contribution in [0.2, 0.25) is 20.1 Å². The quantitative estimate of drug-likeness (QED) is 0.00744. The Bertz CT molecular complexity index is 6160. The molecule has 0 unspecified atom stereocenters. The minimum Gasteiger partial charge on any atom is -0.484 e. The Hall–Kier alpha value is -11.9. The zero-order chi connectivity index (χ0) is 106. The summed E-state index contributed by atoms with van der Waals surface area (Å²) in [7, 11) is -11.3. The predicted molar refractivity (Wildman–Crippen MR) is 505 cm³/mol. The van der Waals surface area contributed by atoms with E-state index in [1.54, 1.807) is 32.0 Å². The summed E-state index contributed by atoms with van der Waals surface area (Å²) in [6.45, 7) is -0.210. The number of aryl methyl sites for hydroxylation is 2. The summed E-state index contributed by atoms with van der Waals surface area (Å²) >= 11 is 22.8. The Kier molecular flexibility index (Phi) is 39.1. The lowest BCUT2D eigenvalue weighted by Crippen LogP contribution is -2.71. The zero-order valence-electron chi connectivity index (χ0n) is 77.4. The first kappa shape index (κ1) is 113. The maximum absolute atomic E-state index is 14.0. The molecular formula is C93H101Cl4F6N9O30P3+. The van der Waals surface area contributed by atoms with Crippen LogP contribution in [-0.2, 0) is 79.0 Å². The van der Waals surface area contributed by atoms with Crippen LogP contribution >= 0.6 is 70.3 Å². The highest BCUT2D eigenvalue weighted by Gasteiger charge is 2.61. The number of carbonyl (C=O) groups is 9. The van der Waals surface area contributed by atoms with Gasteiger partial charge < -0.3 is 99.3 Å². The lowest BCUT2D eigenvalue weighted by atomic mass is 9.59. The molecule has 9 saturated carbocycles. The van der Waals surface area contributed by atoms with Gasteiger partial charge in [-0.2, -0.15) is 0 Å². The van der Waals surface area contributed by atoms with Gasteiger partial charge in [0, 0.05) is 108 Å². The summed E-state index contributed by atoms with van der Waals surface area (Å²) < 4.78 is 174. The number of anilines is 1. The van der Waals surface area contributed by atoms with Crippen molar-refractivity contribution in [2.75, 3.05) is 64.7 Å². The maximum atomic E-state index is 14.0. The van der Waals surface area contributed by atoms with Crippen LogP contribution in [0.1, 0.15) is 119 Å². The number of hydrogen-bond acceptors (Lipinski definition) is 25. The van der Waals surface area contributed by atoms with E-state index in [-0.39, 0.29) is 136 Å². The average Bonchev–Trinajstić information content (AvgIpc) is 0.725. The number of halogens is 10. The summed E-state index contributed by atoms with van der Waals surface area (Å²) in [5, 5.41) is 28.9. The molecule has 1 aromatic heterocycles. The normalized spacial score (nSPS) is 21.3. The highest BCUT2D eigenvalue weighted by molar-refractivity contribution is 7.46. The number of phosphoric acid groups is 2. The second kappa shape index (κ2) is 50.0. The van der Waals surface area contributed by atoms with Gasteiger partial charge in [-0.25, -0.2) is 50.0 Å². The van der Waals surface area contributed by atoms with E-state index in [2.05, 4.69) is 46.7 Å². The summed E-state index contributed by atoms with van der Waals surface area (Å²) in [4.78, 5) is 174. The number of fused-ring (bicyclic) bond motifs is 9. The Morgan fingerprint density at radius 3 is 1.08 bits per heavy atom. The SMILES string of the molecule is CN(C(=O)O[C@H]1CC2(NC(=O)COc3ccc(Cl)c(F)c3)CCC1(NC(=O)COc1ccc(Cl)c(F)c1)CC2)c1ncccc1COP(=O)(O)O.Cc1ccc(OCC(=O)NC23CCC(NC(=O)COc4ccc(Cl)c(F)c4)(CC2)C[C@@H]3OC(=O)Cc2ccccc2OP(=O)(O)O)cc1F.Cc1ccc(OCC(=O)NC23CCC(NC(=O)COc4ccc(Cl)c(F)c4)(CC2)C[C@@H]3OC(=O)NCCO)cc1F.O=[P+](O)O. The first-order chi connectivity index (χ1) is 68.5.